The Morgan fingerprint density at radius 2 is 1.11 bits per heavy atom. The minimum atomic E-state index is -1.26. The van der Waals surface area contributed by atoms with Crippen molar-refractivity contribution in [2.45, 2.75) is 12.5 Å². The van der Waals surface area contributed by atoms with E-state index < -0.39 is 68.6 Å². The number of hydrogen-bond donors (Lipinski definition) is 6. The van der Waals surface area contributed by atoms with Crippen molar-refractivity contribution >= 4 is 35.5 Å². The molecule has 0 aliphatic rings. The Morgan fingerprint density at radius 1 is 0.694 bits per heavy atom. The van der Waals surface area contributed by atoms with Crippen LogP contribution in [0, 0.1) is 0 Å². The highest BCUT2D eigenvalue weighted by molar-refractivity contribution is 5.73. The van der Waals surface area contributed by atoms with Gasteiger partial charge in [0.15, 0.2) is 0 Å². The van der Waals surface area contributed by atoms with Gasteiger partial charge in [-0.1, -0.05) is 12.1 Å². The number of aliphatic carboxylic acids is 5. The molecule has 0 aromatic heterocycles. The van der Waals surface area contributed by atoms with E-state index in [0.29, 0.717) is 0 Å². The number of carboxylic acids is 5. The van der Waals surface area contributed by atoms with E-state index in [1.54, 1.807) is 31.3 Å². The van der Waals surface area contributed by atoms with E-state index in [0.717, 1.165) is 16.2 Å². The van der Waals surface area contributed by atoms with Gasteiger partial charge >= 0.3 is 29.8 Å². The van der Waals surface area contributed by atoms with Gasteiger partial charge in [0.1, 0.15) is 0 Å². The van der Waals surface area contributed by atoms with Crippen LogP contribution in [-0.2, 0) is 30.4 Å². The summed E-state index contributed by atoms with van der Waals surface area (Å²) in [6.45, 7) is -3.04. The SMILES string of the molecule is CNc1ccc(C[C@H](CN(CCN(CC(=O)O)CC(=O)O)CC(=O)O)N(CC(=O)O)CC(=O)O)cc1. The number of nitrogens with one attached hydrogen (secondary N) is 1. The van der Waals surface area contributed by atoms with Gasteiger partial charge in [-0.25, -0.2) is 0 Å². The molecule has 14 nitrogen and oxygen atoms in total. The van der Waals surface area contributed by atoms with Crippen LogP contribution in [0.15, 0.2) is 24.3 Å². The molecule has 0 bridgehead atoms. The zero-order chi connectivity index (χ0) is 27.3. The highest BCUT2D eigenvalue weighted by atomic mass is 16.4. The predicted octanol–water partition coefficient (Wildman–Crippen LogP) is -1.03. The lowest BCUT2D eigenvalue weighted by Gasteiger charge is -2.34. The molecular weight excluding hydrogens is 480 g/mol. The van der Waals surface area contributed by atoms with Crippen LogP contribution in [0.25, 0.3) is 0 Å². The van der Waals surface area contributed by atoms with E-state index in [2.05, 4.69) is 5.32 Å². The highest BCUT2D eigenvalue weighted by Crippen LogP contribution is 2.15. The predicted molar refractivity (Wildman–Crippen MR) is 126 cm³/mol. The van der Waals surface area contributed by atoms with Gasteiger partial charge in [-0.05, 0) is 24.1 Å². The third-order valence-electron chi connectivity index (χ3n) is 5.19. The molecule has 0 aliphatic heterocycles. The Hall–Kier alpha value is -3.75. The Bertz CT molecular complexity index is 877. The average Bonchev–Trinajstić information content (AvgIpc) is 2.75. The lowest BCUT2D eigenvalue weighted by Crippen LogP contribution is -2.51. The van der Waals surface area contributed by atoms with E-state index in [-0.39, 0.29) is 26.1 Å². The summed E-state index contributed by atoms with van der Waals surface area (Å²) < 4.78 is 0. The normalized spacial score (nSPS) is 12.0. The number of hydrogen-bond acceptors (Lipinski definition) is 9. The topological polar surface area (TPSA) is 208 Å². The summed E-state index contributed by atoms with van der Waals surface area (Å²) in [5.74, 6) is -6.23. The van der Waals surface area contributed by atoms with Crippen LogP contribution >= 0.6 is 0 Å². The van der Waals surface area contributed by atoms with Crippen LogP contribution < -0.4 is 5.32 Å². The first kappa shape index (κ1) is 30.3. The minimum Gasteiger partial charge on any atom is -0.480 e. The second-order valence-electron chi connectivity index (χ2n) is 8.12. The Labute approximate surface area is 207 Å². The third kappa shape index (κ3) is 12.6. The third-order valence-corrected chi connectivity index (χ3v) is 5.19. The van der Waals surface area contributed by atoms with E-state index in [4.69, 9.17) is 10.2 Å². The summed E-state index contributed by atoms with van der Waals surface area (Å²) in [5.41, 5.74) is 1.58. The first-order valence-corrected chi connectivity index (χ1v) is 10.9. The smallest absolute Gasteiger partial charge is 0.317 e. The van der Waals surface area contributed by atoms with Crippen molar-refractivity contribution in [1.29, 1.82) is 0 Å². The number of rotatable bonds is 19. The van der Waals surface area contributed by atoms with E-state index in [1.807, 2.05) is 0 Å². The quantitative estimate of drug-likeness (QED) is 0.131. The lowest BCUT2D eigenvalue weighted by atomic mass is 10.0. The fourth-order valence-corrected chi connectivity index (χ4v) is 3.65. The van der Waals surface area contributed by atoms with Crippen molar-refractivity contribution in [2.24, 2.45) is 0 Å². The summed E-state index contributed by atoms with van der Waals surface area (Å²) in [5, 5.41) is 49.1. The Balaban J connectivity index is 3.20. The van der Waals surface area contributed by atoms with Crippen molar-refractivity contribution in [2.75, 3.05) is 64.7 Å². The van der Waals surface area contributed by atoms with Gasteiger partial charge in [0.05, 0.1) is 32.7 Å². The number of benzene rings is 1. The van der Waals surface area contributed by atoms with Crippen LogP contribution in [-0.4, -0.2) is 136 Å². The van der Waals surface area contributed by atoms with E-state index >= 15 is 0 Å². The summed E-state index contributed by atoms with van der Waals surface area (Å²) >= 11 is 0. The summed E-state index contributed by atoms with van der Waals surface area (Å²) in [6, 6.07) is 6.40. The lowest BCUT2D eigenvalue weighted by molar-refractivity contribution is -0.144. The van der Waals surface area contributed by atoms with Gasteiger partial charge in [-0.15, -0.1) is 0 Å². The van der Waals surface area contributed by atoms with Crippen LogP contribution in [0.3, 0.4) is 0 Å². The maximum absolute atomic E-state index is 11.5. The van der Waals surface area contributed by atoms with Crippen molar-refractivity contribution in [1.82, 2.24) is 14.7 Å². The zero-order valence-electron chi connectivity index (χ0n) is 19.9. The summed E-state index contributed by atoms with van der Waals surface area (Å²) in [6.07, 6.45) is 0.203. The molecule has 0 heterocycles. The maximum atomic E-state index is 11.5. The van der Waals surface area contributed by atoms with Gasteiger partial charge in [0, 0.05) is 38.4 Å². The molecule has 0 unspecified atom stereocenters. The van der Waals surface area contributed by atoms with Crippen LogP contribution in [0.5, 0.6) is 0 Å². The number of carboxylic acid groups (broad SMARTS) is 5. The highest BCUT2D eigenvalue weighted by Gasteiger charge is 2.27. The van der Waals surface area contributed by atoms with Crippen molar-refractivity contribution < 1.29 is 49.5 Å². The summed E-state index contributed by atoms with van der Waals surface area (Å²) in [4.78, 5) is 60.3. The van der Waals surface area contributed by atoms with E-state index in [1.165, 1.54) is 9.80 Å². The maximum Gasteiger partial charge on any atom is 0.317 e. The molecule has 0 fully saturated rings. The minimum absolute atomic E-state index is 0.0456. The van der Waals surface area contributed by atoms with Gasteiger partial charge in [0.2, 0.25) is 0 Å². The van der Waals surface area contributed by atoms with Gasteiger partial charge in [-0.2, -0.15) is 0 Å². The monoisotopic (exact) mass is 512 g/mol. The largest absolute Gasteiger partial charge is 0.480 e. The standard InChI is InChI=1S/C22H32N4O10/c1-23-16-4-2-15(3-5-16)8-17(26(13-21(33)34)14-22(35)36)9-24(10-18(27)28)6-7-25(11-19(29)30)12-20(31)32/h2-5,17,23H,6-14H2,1H3,(H,27,28)(H,29,30)(H,31,32)(H,33,34)(H,35,36)/t17-/m1/s1. The molecule has 0 aliphatic carbocycles. The fraction of sp³-hybridized carbons (Fsp3) is 0.500. The van der Waals surface area contributed by atoms with Crippen molar-refractivity contribution in [3.8, 4) is 0 Å². The molecule has 14 heteroatoms. The van der Waals surface area contributed by atoms with Crippen LogP contribution in [0.1, 0.15) is 5.56 Å². The first-order chi connectivity index (χ1) is 16.9. The molecule has 1 atom stereocenters. The van der Waals surface area contributed by atoms with Gasteiger partial charge in [-0.3, -0.25) is 38.7 Å². The fourth-order valence-electron chi connectivity index (χ4n) is 3.65. The number of anilines is 1. The molecule has 0 radical (unpaired) electrons. The van der Waals surface area contributed by atoms with Crippen molar-refractivity contribution in [3.05, 3.63) is 29.8 Å². The molecule has 0 amide bonds. The Morgan fingerprint density at radius 3 is 1.53 bits per heavy atom. The molecule has 36 heavy (non-hydrogen) atoms. The summed E-state index contributed by atoms with van der Waals surface area (Å²) in [7, 11) is 1.74. The molecule has 1 aromatic carbocycles. The molecule has 0 spiro atoms. The van der Waals surface area contributed by atoms with Gasteiger partial charge in [0.25, 0.3) is 0 Å². The second kappa shape index (κ2) is 15.3. The second-order valence-corrected chi connectivity index (χ2v) is 8.12. The molecule has 1 aromatic rings. The molecule has 1 rings (SSSR count). The molecule has 6 N–H and O–H groups in total. The van der Waals surface area contributed by atoms with Crippen molar-refractivity contribution in [3.63, 3.8) is 0 Å². The van der Waals surface area contributed by atoms with E-state index in [9.17, 15) is 39.3 Å². The van der Waals surface area contributed by atoms with Gasteiger partial charge < -0.3 is 30.8 Å². The molecule has 0 saturated heterocycles. The molecule has 0 saturated carbocycles. The first-order valence-electron chi connectivity index (χ1n) is 10.9. The molecular formula is C22H32N4O10. The zero-order valence-corrected chi connectivity index (χ0v) is 19.9. The van der Waals surface area contributed by atoms with Crippen LogP contribution in [0.2, 0.25) is 0 Å². The average molecular weight is 513 g/mol. The number of carbonyl (C=O) groups is 5. The Kier molecular flexibility index (Phi) is 12.9. The van der Waals surface area contributed by atoms with Crippen LogP contribution in [0.4, 0.5) is 5.69 Å². The molecule has 200 valence electrons. The number of nitrogens with zero attached hydrogens (tertiary/aromatic N) is 3.